The van der Waals surface area contributed by atoms with Gasteiger partial charge in [0, 0.05) is 11.0 Å². The maximum Gasteiger partial charge on any atom is 0.334 e. The van der Waals surface area contributed by atoms with E-state index in [2.05, 4.69) is 15.9 Å². The summed E-state index contributed by atoms with van der Waals surface area (Å²) in [6.07, 6.45) is 0. The third-order valence-corrected chi connectivity index (χ3v) is 10.4. The molecule has 0 aromatic heterocycles. The molecule has 194 valence electrons. The fourth-order valence-corrected chi connectivity index (χ4v) is 8.51. The van der Waals surface area contributed by atoms with Crippen molar-refractivity contribution in [2.75, 3.05) is 16.4 Å². The SMILES string of the molecule is CCOC(=O)C1=C(C)C2(Br)[C@@H]3C(=O)N(c4ccccc4)C(=O)C3C1(C)[C@@H]1C(=O)N(c3ccccc3)C(=O)[C@H]12. The largest absolute Gasteiger partial charge is 0.463 e. The van der Waals surface area contributed by atoms with Crippen molar-refractivity contribution < 1.29 is 28.7 Å². The van der Waals surface area contributed by atoms with E-state index in [0.29, 0.717) is 16.9 Å². The molecule has 38 heavy (non-hydrogen) atoms. The van der Waals surface area contributed by atoms with Gasteiger partial charge in [-0.1, -0.05) is 59.3 Å². The normalized spacial score (nSPS) is 33.7. The maximum atomic E-state index is 14.1. The van der Waals surface area contributed by atoms with Gasteiger partial charge in [0.05, 0.1) is 46.0 Å². The summed E-state index contributed by atoms with van der Waals surface area (Å²) in [6.45, 7) is 5.13. The minimum Gasteiger partial charge on any atom is -0.463 e. The number of hydrogen-bond donors (Lipinski definition) is 0. The Morgan fingerprint density at radius 3 is 1.58 bits per heavy atom. The van der Waals surface area contributed by atoms with Crippen LogP contribution in [-0.2, 0) is 28.7 Å². The van der Waals surface area contributed by atoms with Crippen molar-refractivity contribution in [3.8, 4) is 0 Å². The predicted molar refractivity (Wildman–Crippen MR) is 141 cm³/mol. The molecular weight excluding hydrogens is 552 g/mol. The number of alkyl halides is 1. The zero-order valence-corrected chi connectivity index (χ0v) is 22.6. The lowest BCUT2D eigenvalue weighted by Gasteiger charge is -2.59. The Morgan fingerprint density at radius 1 is 0.789 bits per heavy atom. The number of carbonyl (C=O) groups excluding carboxylic acids is 5. The van der Waals surface area contributed by atoms with Gasteiger partial charge in [-0.25, -0.2) is 14.6 Å². The second-order valence-corrected chi connectivity index (χ2v) is 11.7. The summed E-state index contributed by atoms with van der Waals surface area (Å²) in [6, 6.07) is 17.1. The lowest BCUT2D eigenvalue weighted by atomic mass is 9.43. The molecule has 0 N–H and O–H groups in total. The van der Waals surface area contributed by atoms with Gasteiger partial charge >= 0.3 is 5.97 Å². The van der Waals surface area contributed by atoms with Gasteiger partial charge < -0.3 is 4.74 Å². The summed E-state index contributed by atoms with van der Waals surface area (Å²) < 4.78 is 3.99. The highest BCUT2D eigenvalue weighted by atomic mass is 79.9. The van der Waals surface area contributed by atoms with Crippen LogP contribution in [0.15, 0.2) is 71.8 Å². The molecule has 5 aliphatic rings. The van der Waals surface area contributed by atoms with E-state index in [1.165, 1.54) is 0 Å². The average Bonchev–Trinajstić information content (AvgIpc) is 3.34. The Kier molecular flexibility index (Phi) is 5.34. The number of imide groups is 2. The molecule has 1 saturated carbocycles. The molecule has 2 saturated heterocycles. The van der Waals surface area contributed by atoms with Crippen molar-refractivity contribution in [3.63, 3.8) is 0 Å². The topological polar surface area (TPSA) is 101 Å². The van der Waals surface area contributed by atoms with Crippen molar-refractivity contribution >= 4 is 56.9 Å². The molecule has 2 aromatic carbocycles. The summed E-state index contributed by atoms with van der Waals surface area (Å²) in [7, 11) is 0. The van der Waals surface area contributed by atoms with Gasteiger partial charge in [0.25, 0.3) is 0 Å². The molecule has 7 rings (SSSR count). The fraction of sp³-hybridized carbons (Fsp3) is 0.345. The van der Waals surface area contributed by atoms with Crippen LogP contribution in [-0.4, -0.2) is 40.5 Å². The number of benzene rings is 2. The Morgan fingerprint density at radius 2 is 1.18 bits per heavy atom. The summed E-state index contributed by atoms with van der Waals surface area (Å²) in [5.74, 6) is -6.66. The Labute approximate surface area is 227 Å². The van der Waals surface area contributed by atoms with Gasteiger partial charge in [0.15, 0.2) is 0 Å². The van der Waals surface area contributed by atoms with Crippen LogP contribution in [0.4, 0.5) is 11.4 Å². The van der Waals surface area contributed by atoms with Gasteiger partial charge in [-0.2, -0.15) is 0 Å². The molecular formula is C29H25BrN2O6. The van der Waals surface area contributed by atoms with Gasteiger partial charge in [-0.05, 0) is 43.7 Å². The molecule has 3 unspecified atom stereocenters. The van der Waals surface area contributed by atoms with E-state index in [9.17, 15) is 24.0 Å². The molecule has 0 radical (unpaired) electrons. The number of rotatable bonds is 4. The average molecular weight is 577 g/mol. The van der Waals surface area contributed by atoms with Gasteiger partial charge in [-0.15, -0.1) is 0 Å². The van der Waals surface area contributed by atoms with Crippen molar-refractivity contribution in [1.29, 1.82) is 0 Å². The van der Waals surface area contributed by atoms with Crippen LogP contribution in [0.1, 0.15) is 20.8 Å². The molecule has 3 aliphatic carbocycles. The second kappa shape index (κ2) is 8.20. The molecule has 4 amide bonds. The zero-order chi connectivity index (χ0) is 27.1. The number of halogens is 1. The van der Waals surface area contributed by atoms with E-state index in [-0.39, 0.29) is 12.2 Å². The minimum atomic E-state index is -1.45. The van der Waals surface area contributed by atoms with E-state index in [0.717, 1.165) is 9.80 Å². The lowest BCUT2D eigenvalue weighted by molar-refractivity contribution is -0.152. The molecule has 9 heteroatoms. The Bertz CT molecular complexity index is 1370. The van der Waals surface area contributed by atoms with Crippen molar-refractivity contribution in [2.24, 2.45) is 29.1 Å². The molecule has 2 aliphatic heterocycles. The summed E-state index contributed by atoms with van der Waals surface area (Å²) in [5.41, 5.74) is -0.00710. The number of para-hydroxylation sites is 2. The van der Waals surface area contributed by atoms with Crippen LogP contribution in [0.3, 0.4) is 0 Å². The Hall–Kier alpha value is -3.59. The number of nitrogens with zero attached hydrogens (tertiary/aromatic N) is 2. The van der Waals surface area contributed by atoms with E-state index < -0.39 is 63.0 Å². The zero-order valence-electron chi connectivity index (χ0n) is 21.0. The third-order valence-electron chi connectivity index (χ3n) is 8.81. The van der Waals surface area contributed by atoms with Crippen LogP contribution in [0.25, 0.3) is 0 Å². The number of allylic oxidation sites excluding steroid dienone is 1. The number of esters is 1. The minimum absolute atomic E-state index is 0.0925. The number of anilines is 2. The maximum absolute atomic E-state index is 14.1. The summed E-state index contributed by atoms with van der Waals surface area (Å²) >= 11 is 3.77. The quantitative estimate of drug-likeness (QED) is 0.313. The first-order valence-electron chi connectivity index (χ1n) is 12.5. The fourth-order valence-electron chi connectivity index (χ4n) is 7.39. The van der Waals surface area contributed by atoms with Crippen LogP contribution in [0.2, 0.25) is 0 Å². The highest BCUT2D eigenvalue weighted by Gasteiger charge is 2.81. The second-order valence-electron chi connectivity index (χ2n) is 10.4. The number of hydrogen-bond acceptors (Lipinski definition) is 6. The molecule has 6 atom stereocenters. The van der Waals surface area contributed by atoms with Crippen LogP contribution >= 0.6 is 15.9 Å². The van der Waals surface area contributed by atoms with Crippen LogP contribution in [0.5, 0.6) is 0 Å². The van der Waals surface area contributed by atoms with Crippen molar-refractivity contribution in [3.05, 3.63) is 71.8 Å². The van der Waals surface area contributed by atoms with E-state index >= 15 is 0 Å². The lowest BCUT2D eigenvalue weighted by Crippen LogP contribution is -2.67. The molecule has 0 spiro atoms. The molecule has 2 heterocycles. The highest BCUT2D eigenvalue weighted by Crippen LogP contribution is 2.72. The van der Waals surface area contributed by atoms with E-state index in [1.54, 1.807) is 81.4 Å². The van der Waals surface area contributed by atoms with Gasteiger partial charge in [0.1, 0.15) is 0 Å². The predicted octanol–water partition coefficient (Wildman–Crippen LogP) is 3.64. The summed E-state index contributed by atoms with van der Waals surface area (Å²) in [4.78, 5) is 72.2. The number of carbonyl (C=O) groups is 5. The summed E-state index contributed by atoms with van der Waals surface area (Å²) in [5, 5.41) is 0. The standard InChI is InChI=1S/C29H25BrN2O6/c1-4-38-27(37)18-15(2)29(30)21-19(23(33)31(25(21)35)16-11-7-5-8-12-16)28(18,3)20-22(29)26(36)32(24(20)34)17-13-9-6-10-14-17/h5-14,19-22H,4H2,1-3H3/t19-,20?,21-,22-,28?,29?/m0/s1. The molecule has 3 fully saturated rings. The monoisotopic (exact) mass is 576 g/mol. The first-order valence-corrected chi connectivity index (χ1v) is 13.3. The van der Waals surface area contributed by atoms with Gasteiger partial charge in [-0.3, -0.25) is 19.2 Å². The highest BCUT2D eigenvalue weighted by molar-refractivity contribution is 9.10. The van der Waals surface area contributed by atoms with Gasteiger partial charge in [0.2, 0.25) is 23.6 Å². The van der Waals surface area contributed by atoms with Crippen molar-refractivity contribution in [1.82, 2.24) is 0 Å². The van der Waals surface area contributed by atoms with Crippen molar-refractivity contribution in [2.45, 2.75) is 25.1 Å². The Balaban J connectivity index is 1.61. The molecule has 8 nitrogen and oxygen atoms in total. The van der Waals surface area contributed by atoms with Crippen LogP contribution in [0, 0.1) is 29.1 Å². The molecule has 2 bridgehead atoms. The van der Waals surface area contributed by atoms with E-state index in [1.807, 2.05) is 0 Å². The first-order chi connectivity index (χ1) is 18.1. The first kappa shape index (κ1) is 24.7. The molecule has 2 aromatic rings. The van der Waals surface area contributed by atoms with E-state index in [4.69, 9.17) is 4.74 Å². The smallest absolute Gasteiger partial charge is 0.334 e. The third kappa shape index (κ3) is 2.77. The number of amides is 4. The van der Waals surface area contributed by atoms with Crippen LogP contribution < -0.4 is 9.80 Å². The number of ether oxygens (including phenoxy) is 1.